The Labute approximate surface area is 119 Å². The van der Waals surface area contributed by atoms with E-state index in [9.17, 15) is 4.79 Å². The third kappa shape index (κ3) is 3.29. The fraction of sp³-hybridized carbons (Fsp3) is 0.353. The molecular weight excluding hydrogens is 252 g/mol. The molecule has 0 saturated carbocycles. The predicted octanol–water partition coefficient (Wildman–Crippen LogP) is 3.58. The highest BCUT2D eigenvalue weighted by molar-refractivity contribution is 5.85. The zero-order chi connectivity index (χ0) is 14.5. The van der Waals surface area contributed by atoms with Gasteiger partial charge in [0.2, 0.25) is 5.76 Å². The summed E-state index contributed by atoms with van der Waals surface area (Å²) in [5, 5.41) is 8.89. The second-order valence-corrected chi connectivity index (χ2v) is 5.08. The fourth-order valence-corrected chi connectivity index (χ4v) is 2.50. The number of ether oxygens (including phenoxy) is 1. The van der Waals surface area contributed by atoms with Crippen LogP contribution in [0.25, 0.3) is 5.57 Å². The van der Waals surface area contributed by atoms with E-state index in [2.05, 4.69) is 18.2 Å². The van der Waals surface area contributed by atoms with Crippen molar-refractivity contribution >= 4 is 11.5 Å². The first-order valence-corrected chi connectivity index (χ1v) is 6.90. The Morgan fingerprint density at radius 1 is 1.20 bits per heavy atom. The highest BCUT2D eigenvalue weighted by atomic mass is 16.5. The van der Waals surface area contributed by atoms with Gasteiger partial charge in [0.05, 0.1) is 7.11 Å². The van der Waals surface area contributed by atoms with Crippen LogP contribution in [-0.2, 0) is 22.4 Å². The summed E-state index contributed by atoms with van der Waals surface area (Å²) >= 11 is 0. The molecule has 106 valence electrons. The lowest BCUT2D eigenvalue weighted by Gasteiger charge is -2.16. The van der Waals surface area contributed by atoms with Gasteiger partial charge in [-0.2, -0.15) is 0 Å². The molecule has 0 amide bonds. The molecule has 0 aromatic heterocycles. The summed E-state index contributed by atoms with van der Waals surface area (Å²) in [7, 11) is 1.36. The van der Waals surface area contributed by atoms with Crippen molar-refractivity contribution in [3.8, 4) is 0 Å². The normalized spacial score (nSPS) is 15.7. The van der Waals surface area contributed by atoms with Crippen molar-refractivity contribution in [3.05, 3.63) is 52.8 Å². The van der Waals surface area contributed by atoms with Gasteiger partial charge in [-0.1, -0.05) is 24.3 Å². The van der Waals surface area contributed by atoms with E-state index in [4.69, 9.17) is 9.84 Å². The monoisotopic (exact) mass is 272 g/mol. The van der Waals surface area contributed by atoms with E-state index < -0.39 is 5.97 Å². The number of aliphatic carboxylic acids is 1. The van der Waals surface area contributed by atoms with Crippen LogP contribution < -0.4 is 0 Å². The first kappa shape index (κ1) is 14.4. The lowest BCUT2D eigenvalue weighted by Crippen LogP contribution is -2.03. The van der Waals surface area contributed by atoms with E-state index in [1.54, 1.807) is 6.08 Å². The van der Waals surface area contributed by atoms with Crippen molar-refractivity contribution < 1.29 is 14.6 Å². The van der Waals surface area contributed by atoms with Crippen LogP contribution in [0.5, 0.6) is 0 Å². The van der Waals surface area contributed by atoms with Gasteiger partial charge in [0.1, 0.15) is 0 Å². The van der Waals surface area contributed by atoms with E-state index in [1.165, 1.54) is 43.6 Å². The highest BCUT2D eigenvalue weighted by Crippen LogP contribution is 2.25. The maximum atomic E-state index is 10.8. The van der Waals surface area contributed by atoms with Gasteiger partial charge in [-0.3, -0.25) is 0 Å². The van der Waals surface area contributed by atoms with Crippen LogP contribution in [0.3, 0.4) is 0 Å². The summed E-state index contributed by atoms with van der Waals surface area (Å²) in [6.07, 6.45) is 8.14. The van der Waals surface area contributed by atoms with Crippen LogP contribution >= 0.6 is 0 Å². The van der Waals surface area contributed by atoms with Gasteiger partial charge in [0.15, 0.2) is 0 Å². The van der Waals surface area contributed by atoms with Crippen molar-refractivity contribution in [3.63, 3.8) is 0 Å². The third-order valence-electron chi connectivity index (χ3n) is 3.72. The molecule has 1 aromatic rings. The number of methoxy groups -OCH3 is 1. The van der Waals surface area contributed by atoms with Gasteiger partial charge < -0.3 is 9.84 Å². The van der Waals surface area contributed by atoms with Crippen LogP contribution in [0.4, 0.5) is 0 Å². The molecule has 0 bridgehead atoms. The second kappa shape index (κ2) is 6.42. The van der Waals surface area contributed by atoms with Gasteiger partial charge in [0.25, 0.3) is 0 Å². The van der Waals surface area contributed by atoms with Gasteiger partial charge in [0, 0.05) is 0 Å². The average Bonchev–Trinajstić information content (AvgIpc) is 2.46. The SMILES string of the molecule is CO/C(=C\C=C(/C)c1ccc2c(c1)CCCC2)C(=O)O. The van der Waals surface area contributed by atoms with Crippen molar-refractivity contribution in [1.82, 2.24) is 0 Å². The van der Waals surface area contributed by atoms with E-state index in [-0.39, 0.29) is 5.76 Å². The number of carboxylic acid groups (broad SMARTS) is 1. The van der Waals surface area contributed by atoms with E-state index in [0.717, 1.165) is 17.6 Å². The van der Waals surface area contributed by atoms with Crippen LogP contribution in [0, 0.1) is 0 Å². The lowest BCUT2D eigenvalue weighted by molar-refractivity contribution is -0.136. The molecule has 0 spiro atoms. The minimum absolute atomic E-state index is 0.0534. The Bertz CT molecular complexity index is 568. The number of rotatable bonds is 4. The molecule has 0 heterocycles. The smallest absolute Gasteiger partial charge is 0.371 e. The number of carboxylic acids is 1. The first-order valence-electron chi connectivity index (χ1n) is 6.90. The van der Waals surface area contributed by atoms with Crippen LogP contribution in [0.15, 0.2) is 36.1 Å². The van der Waals surface area contributed by atoms with Gasteiger partial charge in [-0.15, -0.1) is 0 Å². The summed E-state index contributed by atoms with van der Waals surface area (Å²) in [6, 6.07) is 6.53. The average molecular weight is 272 g/mol. The zero-order valence-corrected chi connectivity index (χ0v) is 12.0. The number of allylic oxidation sites excluding steroid dienone is 3. The number of carbonyl (C=O) groups is 1. The van der Waals surface area contributed by atoms with Gasteiger partial charge >= 0.3 is 5.97 Å². The molecule has 1 N–H and O–H groups in total. The van der Waals surface area contributed by atoms with Crippen molar-refractivity contribution in [2.45, 2.75) is 32.6 Å². The molecule has 0 fully saturated rings. The molecular formula is C17H20O3. The molecule has 1 aliphatic rings. The van der Waals surface area contributed by atoms with Gasteiger partial charge in [-0.25, -0.2) is 4.79 Å². The maximum Gasteiger partial charge on any atom is 0.371 e. The van der Waals surface area contributed by atoms with Crippen molar-refractivity contribution in [2.24, 2.45) is 0 Å². The minimum Gasteiger partial charge on any atom is -0.490 e. The Balaban J connectivity index is 2.24. The van der Waals surface area contributed by atoms with Crippen molar-refractivity contribution in [2.75, 3.05) is 7.11 Å². The largest absolute Gasteiger partial charge is 0.490 e. The summed E-state index contributed by atoms with van der Waals surface area (Å²) in [5.41, 5.74) is 5.05. The van der Waals surface area contributed by atoms with Crippen molar-refractivity contribution in [1.29, 1.82) is 0 Å². The van der Waals surface area contributed by atoms with Crippen LogP contribution in [0.2, 0.25) is 0 Å². The quantitative estimate of drug-likeness (QED) is 0.517. The van der Waals surface area contributed by atoms with E-state index in [1.807, 2.05) is 6.92 Å². The maximum absolute atomic E-state index is 10.8. The topological polar surface area (TPSA) is 46.5 Å². The second-order valence-electron chi connectivity index (χ2n) is 5.08. The summed E-state index contributed by atoms with van der Waals surface area (Å²) < 4.78 is 4.81. The number of fused-ring (bicyclic) bond motifs is 1. The standard InChI is InChI=1S/C17H20O3/c1-12(7-10-16(20-2)17(18)19)14-9-8-13-5-3-4-6-15(13)11-14/h7-11H,3-6H2,1-2H3,(H,18,19)/b12-7+,16-10-. The van der Waals surface area contributed by atoms with E-state index in [0.29, 0.717) is 0 Å². The molecule has 2 rings (SSSR count). The minimum atomic E-state index is -1.05. The lowest BCUT2D eigenvalue weighted by atomic mass is 9.89. The predicted molar refractivity (Wildman–Crippen MR) is 79.5 cm³/mol. The summed E-state index contributed by atoms with van der Waals surface area (Å²) in [4.78, 5) is 10.8. The van der Waals surface area contributed by atoms with Crippen LogP contribution in [-0.4, -0.2) is 18.2 Å². The molecule has 1 aliphatic carbocycles. The number of hydrogen-bond acceptors (Lipinski definition) is 2. The molecule has 1 aromatic carbocycles. The van der Waals surface area contributed by atoms with E-state index >= 15 is 0 Å². The summed E-state index contributed by atoms with van der Waals surface area (Å²) in [5.74, 6) is -1.11. The fourth-order valence-electron chi connectivity index (χ4n) is 2.50. The number of hydrogen-bond donors (Lipinski definition) is 1. The highest BCUT2D eigenvalue weighted by Gasteiger charge is 2.10. The Kier molecular flexibility index (Phi) is 4.61. The molecule has 0 saturated heterocycles. The molecule has 3 nitrogen and oxygen atoms in total. The molecule has 0 radical (unpaired) electrons. The molecule has 0 unspecified atom stereocenters. The zero-order valence-electron chi connectivity index (χ0n) is 12.0. The molecule has 20 heavy (non-hydrogen) atoms. The number of aryl methyl sites for hydroxylation is 2. The molecule has 0 aliphatic heterocycles. The van der Waals surface area contributed by atoms with Gasteiger partial charge in [-0.05, 0) is 60.9 Å². The Morgan fingerprint density at radius 3 is 2.55 bits per heavy atom. The first-order chi connectivity index (χ1) is 9.61. The van der Waals surface area contributed by atoms with Crippen LogP contribution in [0.1, 0.15) is 36.5 Å². The molecule has 3 heteroatoms. The Hall–Kier alpha value is -2.03. The number of benzene rings is 1. The molecule has 0 atom stereocenters. The third-order valence-corrected chi connectivity index (χ3v) is 3.72. The summed E-state index contributed by atoms with van der Waals surface area (Å²) in [6.45, 7) is 1.98. The Morgan fingerprint density at radius 2 is 1.90 bits per heavy atom.